The van der Waals surface area contributed by atoms with Crippen molar-refractivity contribution in [2.24, 2.45) is 5.92 Å². The van der Waals surface area contributed by atoms with E-state index in [0.717, 1.165) is 39.1 Å². The Labute approximate surface area is 274 Å². The predicted octanol–water partition coefficient (Wildman–Crippen LogP) is 6.79. The van der Waals surface area contributed by atoms with Crippen molar-refractivity contribution in [3.05, 3.63) is 125 Å². The van der Waals surface area contributed by atoms with Crippen molar-refractivity contribution in [3.8, 4) is 11.1 Å². The van der Waals surface area contributed by atoms with E-state index in [1.54, 1.807) is 18.7 Å². The highest BCUT2D eigenvalue weighted by molar-refractivity contribution is 7.99. The highest BCUT2D eigenvalue weighted by atomic mass is 32.2. The topological polar surface area (TPSA) is 106 Å². The zero-order chi connectivity index (χ0) is 32.3. The molecule has 1 fully saturated rings. The van der Waals surface area contributed by atoms with Gasteiger partial charge in [0.15, 0.2) is 6.29 Å². The summed E-state index contributed by atoms with van der Waals surface area (Å²) in [5, 5.41) is 14.8. The average molecular weight is 641 g/mol. The number of ether oxygens (including phenoxy) is 3. The van der Waals surface area contributed by atoms with Gasteiger partial charge in [0.25, 0.3) is 0 Å². The van der Waals surface area contributed by atoms with Crippen LogP contribution in [0.4, 0.5) is 4.79 Å². The number of nitrogens with one attached hydrogen (secondary N) is 2. The fraction of sp³-hybridized carbons (Fsp3) is 0.297. The van der Waals surface area contributed by atoms with Gasteiger partial charge in [0.1, 0.15) is 6.54 Å². The second-order valence-corrected chi connectivity index (χ2v) is 12.2. The number of aliphatic hydroxyl groups is 1. The number of amides is 2. The number of urea groups is 1. The molecule has 1 saturated heterocycles. The minimum Gasteiger partial charge on any atom is -0.465 e. The normalized spacial score (nSPS) is 19.3. The van der Waals surface area contributed by atoms with Crippen molar-refractivity contribution in [3.63, 3.8) is 0 Å². The Morgan fingerprint density at radius 2 is 1.57 bits per heavy atom. The summed E-state index contributed by atoms with van der Waals surface area (Å²) in [7, 11) is 0. The molecule has 0 saturated carbocycles. The molecule has 1 heterocycles. The maximum Gasteiger partial charge on any atom is 0.325 e. The Bertz CT molecular complexity index is 1570. The number of thioether (sulfide) groups is 1. The highest BCUT2D eigenvalue weighted by Gasteiger charge is 2.38. The van der Waals surface area contributed by atoms with Crippen molar-refractivity contribution < 1.29 is 28.9 Å². The Morgan fingerprint density at radius 3 is 2.28 bits per heavy atom. The third-order valence-corrected chi connectivity index (χ3v) is 8.98. The molecule has 0 spiro atoms. The molecule has 0 aromatic heterocycles. The van der Waals surface area contributed by atoms with E-state index in [4.69, 9.17) is 14.2 Å². The fourth-order valence-corrected chi connectivity index (χ4v) is 6.40. The first kappa shape index (κ1) is 33.2. The van der Waals surface area contributed by atoms with Gasteiger partial charge in [-0.15, -0.1) is 11.8 Å². The SMILES string of the molecule is CCOC(=O)CNC(=O)NCc1cccc(-c2ccc([C@H]3O[C@@H](CSc4ccccc4)[C@@H](C)[C@@H](c4ccc(CO)cc4)O3)cc2)c1. The summed E-state index contributed by atoms with van der Waals surface area (Å²) >= 11 is 1.78. The summed E-state index contributed by atoms with van der Waals surface area (Å²) in [6.45, 7) is 4.29. The van der Waals surface area contributed by atoms with Crippen LogP contribution in [0.5, 0.6) is 0 Å². The van der Waals surface area contributed by atoms with E-state index in [9.17, 15) is 14.7 Å². The Morgan fingerprint density at radius 1 is 0.826 bits per heavy atom. The Hall–Kier alpha value is -4.15. The van der Waals surface area contributed by atoms with Gasteiger partial charge in [0, 0.05) is 28.7 Å². The summed E-state index contributed by atoms with van der Waals surface area (Å²) in [5.74, 6) is 0.418. The first-order valence-corrected chi connectivity index (χ1v) is 16.5. The summed E-state index contributed by atoms with van der Waals surface area (Å²) in [5.41, 5.74) is 5.81. The first-order valence-electron chi connectivity index (χ1n) is 15.5. The van der Waals surface area contributed by atoms with Gasteiger partial charge in [-0.25, -0.2) is 4.79 Å². The van der Waals surface area contributed by atoms with Crippen LogP contribution in [0.3, 0.4) is 0 Å². The maximum absolute atomic E-state index is 12.1. The van der Waals surface area contributed by atoms with E-state index in [2.05, 4.69) is 41.8 Å². The number of hydrogen-bond acceptors (Lipinski definition) is 7. The quantitative estimate of drug-likeness (QED) is 0.116. The van der Waals surface area contributed by atoms with Gasteiger partial charge in [0.2, 0.25) is 0 Å². The minimum atomic E-state index is -0.544. The van der Waals surface area contributed by atoms with Crippen LogP contribution in [0.1, 0.15) is 48.5 Å². The molecule has 4 aromatic carbocycles. The van der Waals surface area contributed by atoms with Crippen LogP contribution in [0, 0.1) is 5.92 Å². The van der Waals surface area contributed by atoms with E-state index in [1.165, 1.54) is 4.90 Å². The molecule has 46 heavy (non-hydrogen) atoms. The molecule has 8 nitrogen and oxygen atoms in total. The molecule has 3 N–H and O–H groups in total. The third-order valence-electron chi connectivity index (χ3n) is 7.88. The van der Waals surface area contributed by atoms with Gasteiger partial charge in [-0.05, 0) is 52.9 Å². The lowest BCUT2D eigenvalue weighted by Crippen LogP contribution is -2.38. The number of carbonyl (C=O) groups excluding carboxylic acids is 2. The largest absolute Gasteiger partial charge is 0.465 e. The number of aliphatic hydroxyl groups excluding tert-OH is 1. The van der Waals surface area contributed by atoms with Gasteiger partial charge < -0.3 is 30.0 Å². The van der Waals surface area contributed by atoms with Crippen molar-refractivity contribution in [2.45, 2.75) is 50.4 Å². The van der Waals surface area contributed by atoms with Crippen molar-refractivity contribution in [2.75, 3.05) is 18.9 Å². The number of benzene rings is 4. The smallest absolute Gasteiger partial charge is 0.325 e. The van der Waals surface area contributed by atoms with Crippen molar-refractivity contribution in [1.29, 1.82) is 0 Å². The molecule has 5 rings (SSSR count). The van der Waals surface area contributed by atoms with Crippen LogP contribution in [-0.4, -0.2) is 42.1 Å². The Balaban J connectivity index is 1.27. The van der Waals surface area contributed by atoms with E-state index in [1.807, 2.05) is 78.9 Å². The summed E-state index contributed by atoms with van der Waals surface area (Å²) < 4.78 is 18.1. The fourth-order valence-electron chi connectivity index (χ4n) is 5.31. The number of carbonyl (C=O) groups is 2. The van der Waals surface area contributed by atoms with Gasteiger partial charge >= 0.3 is 12.0 Å². The second-order valence-electron chi connectivity index (χ2n) is 11.1. The van der Waals surface area contributed by atoms with Gasteiger partial charge in [0.05, 0.1) is 25.4 Å². The molecule has 0 bridgehead atoms. The predicted molar refractivity (Wildman–Crippen MR) is 179 cm³/mol. The van der Waals surface area contributed by atoms with Crippen LogP contribution in [0.25, 0.3) is 11.1 Å². The molecule has 0 radical (unpaired) electrons. The van der Waals surface area contributed by atoms with Gasteiger partial charge in [-0.2, -0.15) is 0 Å². The zero-order valence-electron chi connectivity index (χ0n) is 26.1. The maximum atomic E-state index is 12.1. The molecule has 1 aliphatic heterocycles. The number of rotatable bonds is 12. The van der Waals surface area contributed by atoms with Crippen LogP contribution in [-0.2, 0) is 32.2 Å². The lowest BCUT2D eigenvalue weighted by molar-refractivity contribution is -0.268. The lowest BCUT2D eigenvalue weighted by Gasteiger charge is -2.41. The molecule has 4 aromatic rings. The van der Waals surface area contributed by atoms with Crippen LogP contribution in [0.2, 0.25) is 0 Å². The minimum absolute atomic E-state index is 0.00165. The van der Waals surface area contributed by atoms with Crippen molar-refractivity contribution >= 4 is 23.8 Å². The Kier molecular flexibility index (Phi) is 11.9. The molecule has 0 unspecified atom stereocenters. The molecule has 1 aliphatic rings. The standard InChI is InChI=1S/C37H40N2O6S/c1-3-43-34(41)22-39-37(42)38-21-27-8-7-9-31(20-27)28-16-18-30(19-17-28)36-44-33(24-46-32-10-5-4-6-11-32)25(2)35(45-36)29-14-12-26(23-40)13-15-29/h4-20,25,33,35-36,40H,3,21-24H2,1-2H3,(H2,38,39,42)/t25-,33+,35+,36+/m1/s1. The molecule has 9 heteroatoms. The molecule has 0 aliphatic carbocycles. The van der Waals surface area contributed by atoms with Crippen LogP contribution < -0.4 is 10.6 Å². The monoisotopic (exact) mass is 640 g/mol. The van der Waals surface area contributed by atoms with E-state index in [-0.39, 0.29) is 37.9 Å². The van der Waals surface area contributed by atoms with E-state index in [0.29, 0.717) is 6.54 Å². The summed E-state index contributed by atoms with van der Waals surface area (Å²) in [6.07, 6.45) is -0.770. The average Bonchev–Trinajstić information content (AvgIpc) is 3.10. The zero-order valence-corrected chi connectivity index (χ0v) is 26.9. The van der Waals surface area contributed by atoms with Crippen LogP contribution >= 0.6 is 11.8 Å². The summed E-state index contributed by atoms with van der Waals surface area (Å²) in [6, 6.07) is 34.0. The number of esters is 1. The van der Waals surface area contributed by atoms with Crippen LogP contribution in [0.15, 0.2) is 108 Å². The first-order chi connectivity index (χ1) is 22.4. The highest BCUT2D eigenvalue weighted by Crippen LogP contribution is 2.43. The molecule has 4 atom stereocenters. The third kappa shape index (κ3) is 8.98. The van der Waals surface area contributed by atoms with Crippen molar-refractivity contribution in [1.82, 2.24) is 10.6 Å². The second kappa shape index (κ2) is 16.4. The molecule has 2 amide bonds. The van der Waals surface area contributed by atoms with Gasteiger partial charge in [-0.3, -0.25) is 4.79 Å². The molecule has 240 valence electrons. The van der Waals surface area contributed by atoms with E-state index < -0.39 is 18.3 Å². The number of hydrogen-bond donors (Lipinski definition) is 3. The van der Waals surface area contributed by atoms with E-state index >= 15 is 0 Å². The lowest BCUT2D eigenvalue weighted by atomic mass is 9.91. The summed E-state index contributed by atoms with van der Waals surface area (Å²) in [4.78, 5) is 24.8. The molecular weight excluding hydrogens is 600 g/mol. The molecular formula is C37H40N2O6S. The van der Waals surface area contributed by atoms with Gasteiger partial charge in [-0.1, -0.05) is 91.9 Å².